The van der Waals surface area contributed by atoms with Crippen LogP contribution in [-0.4, -0.2) is 38.2 Å². The van der Waals surface area contributed by atoms with Gasteiger partial charge >= 0.3 is 0 Å². The molecule has 0 aromatic heterocycles. The number of methoxy groups -OCH3 is 1. The van der Waals surface area contributed by atoms with Crippen molar-refractivity contribution in [2.24, 2.45) is 5.92 Å². The molecule has 0 spiro atoms. The number of nitrogen functional groups attached to an aromatic ring is 1. The van der Waals surface area contributed by atoms with Crippen molar-refractivity contribution in [3.8, 4) is 5.75 Å². The van der Waals surface area contributed by atoms with Crippen LogP contribution in [0.1, 0.15) is 19.8 Å². The molecule has 4 nitrogen and oxygen atoms in total. The van der Waals surface area contributed by atoms with Crippen LogP contribution in [0.15, 0.2) is 12.1 Å². The Bertz CT molecular complexity index is 445. The molecule has 0 atom stereocenters. The van der Waals surface area contributed by atoms with Gasteiger partial charge in [0, 0.05) is 25.2 Å². The quantitative estimate of drug-likeness (QED) is 0.814. The van der Waals surface area contributed by atoms with Crippen LogP contribution >= 0.6 is 0 Å². The Morgan fingerprint density at radius 3 is 2.75 bits per heavy atom. The van der Waals surface area contributed by atoms with Gasteiger partial charge in [-0.1, -0.05) is 6.92 Å². The third-order valence-corrected chi connectivity index (χ3v) is 3.94. The van der Waals surface area contributed by atoms with E-state index < -0.39 is 0 Å². The number of hydrogen-bond acceptors (Lipinski definition) is 4. The Balaban J connectivity index is 1.85. The smallest absolute Gasteiger partial charge is 0.148 e. The van der Waals surface area contributed by atoms with E-state index in [-0.39, 0.29) is 5.82 Å². The number of ether oxygens (including phenoxy) is 1. The standard InChI is InChI=1S/C15H24FN3O/c1-11-3-6-19(7-4-11)8-5-18-14-10-15(20-2)13(17)9-12(14)16/h9-11,18H,3-8,17H2,1-2H3. The molecule has 0 bridgehead atoms. The molecule has 0 amide bonds. The van der Waals surface area contributed by atoms with Gasteiger partial charge in [0.25, 0.3) is 0 Å². The van der Waals surface area contributed by atoms with E-state index in [1.165, 1.54) is 26.0 Å². The lowest BCUT2D eigenvalue weighted by Crippen LogP contribution is -2.36. The zero-order chi connectivity index (χ0) is 14.5. The lowest BCUT2D eigenvalue weighted by atomic mass is 9.99. The minimum absolute atomic E-state index is 0.320. The summed E-state index contributed by atoms with van der Waals surface area (Å²) in [6, 6.07) is 2.91. The predicted molar refractivity (Wildman–Crippen MR) is 80.7 cm³/mol. The van der Waals surface area contributed by atoms with E-state index in [1.807, 2.05) is 0 Å². The van der Waals surface area contributed by atoms with Gasteiger partial charge in [-0.25, -0.2) is 4.39 Å². The van der Waals surface area contributed by atoms with E-state index in [0.717, 1.165) is 32.1 Å². The summed E-state index contributed by atoms with van der Waals surface area (Å²) in [5.74, 6) is 0.995. The van der Waals surface area contributed by atoms with Crippen molar-refractivity contribution >= 4 is 11.4 Å². The molecule has 112 valence electrons. The van der Waals surface area contributed by atoms with E-state index in [1.54, 1.807) is 6.07 Å². The summed E-state index contributed by atoms with van der Waals surface area (Å²) in [5.41, 5.74) is 6.42. The van der Waals surface area contributed by atoms with Crippen LogP contribution in [0, 0.1) is 11.7 Å². The highest BCUT2D eigenvalue weighted by atomic mass is 19.1. The van der Waals surface area contributed by atoms with Crippen LogP contribution in [-0.2, 0) is 0 Å². The maximum atomic E-state index is 13.8. The molecule has 3 N–H and O–H groups in total. The van der Waals surface area contributed by atoms with Crippen LogP contribution in [0.5, 0.6) is 5.75 Å². The molecule has 1 fully saturated rings. The molecule has 1 heterocycles. The summed E-state index contributed by atoms with van der Waals surface area (Å²) in [6.45, 7) is 6.22. The Morgan fingerprint density at radius 1 is 1.40 bits per heavy atom. The summed E-state index contributed by atoms with van der Waals surface area (Å²) >= 11 is 0. The van der Waals surface area contributed by atoms with Gasteiger partial charge in [-0.15, -0.1) is 0 Å². The number of nitrogens with one attached hydrogen (secondary N) is 1. The molecule has 5 heteroatoms. The van der Waals surface area contributed by atoms with Gasteiger partial charge in [0.05, 0.1) is 18.5 Å². The van der Waals surface area contributed by atoms with E-state index in [9.17, 15) is 4.39 Å². The molecule has 2 rings (SSSR count). The second-order valence-electron chi connectivity index (χ2n) is 5.52. The fraction of sp³-hybridized carbons (Fsp3) is 0.600. The molecule has 1 saturated heterocycles. The molecule has 0 saturated carbocycles. The number of likely N-dealkylation sites (tertiary alicyclic amines) is 1. The van der Waals surface area contributed by atoms with Gasteiger partial charge < -0.3 is 20.7 Å². The second kappa shape index (κ2) is 6.79. The summed E-state index contributed by atoms with van der Waals surface area (Å²) < 4.78 is 18.9. The number of anilines is 2. The number of benzene rings is 1. The SMILES string of the molecule is COc1cc(NCCN2CCC(C)CC2)c(F)cc1N. The molecule has 0 unspecified atom stereocenters. The zero-order valence-corrected chi connectivity index (χ0v) is 12.3. The maximum absolute atomic E-state index is 13.8. The van der Waals surface area contributed by atoms with Gasteiger partial charge in [-0.2, -0.15) is 0 Å². The average molecular weight is 281 g/mol. The third-order valence-electron chi connectivity index (χ3n) is 3.94. The lowest BCUT2D eigenvalue weighted by molar-refractivity contribution is 0.199. The fourth-order valence-electron chi connectivity index (χ4n) is 2.52. The lowest BCUT2D eigenvalue weighted by Gasteiger charge is -2.30. The largest absolute Gasteiger partial charge is 0.495 e. The highest BCUT2D eigenvalue weighted by Crippen LogP contribution is 2.28. The van der Waals surface area contributed by atoms with E-state index in [0.29, 0.717) is 17.1 Å². The Hall–Kier alpha value is -1.49. The predicted octanol–water partition coefficient (Wildman–Crippen LogP) is 2.56. The number of nitrogens with zero attached hydrogens (tertiary/aromatic N) is 1. The minimum atomic E-state index is -0.337. The van der Waals surface area contributed by atoms with E-state index in [4.69, 9.17) is 10.5 Å². The van der Waals surface area contributed by atoms with Crippen LogP contribution < -0.4 is 15.8 Å². The van der Waals surface area contributed by atoms with E-state index in [2.05, 4.69) is 17.1 Å². The van der Waals surface area contributed by atoms with Crippen molar-refractivity contribution in [3.63, 3.8) is 0 Å². The zero-order valence-electron chi connectivity index (χ0n) is 12.3. The van der Waals surface area contributed by atoms with Crippen molar-refractivity contribution in [1.29, 1.82) is 0 Å². The van der Waals surface area contributed by atoms with Crippen molar-refractivity contribution in [2.75, 3.05) is 44.3 Å². The van der Waals surface area contributed by atoms with Gasteiger partial charge in [0.15, 0.2) is 0 Å². The maximum Gasteiger partial charge on any atom is 0.148 e. The topological polar surface area (TPSA) is 50.5 Å². The van der Waals surface area contributed by atoms with Gasteiger partial charge in [-0.3, -0.25) is 0 Å². The van der Waals surface area contributed by atoms with Crippen molar-refractivity contribution < 1.29 is 9.13 Å². The molecular formula is C15H24FN3O. The highest BCUT2D eigenvalue weighted by Gasteiger charge is 2.15. The fourth-order valence-corrected chi connectivity index (χ4v) is 2.52. The van der Waals surface area contributed by atoms with Crippen molar-refractivity contribution in [3.05, 3.63) is 17.9 Å². The number of piperidine rings is 1. The third kappa shape index (κ3) is 3.76. The molecule has 0 aliphatic carbocycles. The Morgan fingerprint density at radius 2 is 2.10 bits per heavy atom. The minimum Gasteiger partial charge on any atom is -0.495 e. The van der Waals surface area contributed by atoms with Crippen LogP contribution in [0.4, 0.5) is 15.8 Å². The van der Waals surface area contributed by atoms with E-state index >= 15 is 0 Å². The summed E-state index contributed by atoms with van der Waals surface area (Å²) in [4.78, 5) is 2.42. The Kier molecular flexibility index (Phi) is 5.06. The summed E-state index contributed by atoms with van der Waals surface area (Å²) in [5, 5.41) is 3.12. The molecule has 0 radical (unpaired) electrons. The first kappa shape index (κ1) is 14.9. The number of hydrogen-bond donors (Lipinski definition) is 2. The molecule has 1 aliphatic heterocycles. The first-order valence-electron chi connectivity index (χ1n) is 7.19. The number of rotatable bonds is 5. The van der Waals surface area contributed by atoms with Crippen molar-refractivity contribution in [1.82, 2.24) is 4.90 Å². The second-order valence-corrected chi connectivity index (χ2v) is 5.52. The number of halogens is 1. The highest BCUT2D eigenvalue weighted by molar-refractivity contribution is 5.62. The van der Waals surface area contributed by atoms with Crippen LogP contribution in [0.3, 0.4) is 0 Å². The van der Waals surface area contributed by atoms with Crippen molar-refractivity contribution in [2.45, 2.75) is 19.8 Å². The van der Waals surface area contributed by atoms with Gasteiger partial charge in [0.2, 0.25) is 0 Å². The molecule has 1 aromatic rings. The van der Waals surface area contributed by atoms with Gasteiger partial charge in [-0.05, 0) is 31.8 Å². The number of nitrogens with two attached hydrogens (primary N) is 1. The molecular weight excluding hydrogens is 257 g/mol. The van der Waals surface area contributed by atoms with Crippen LogP contribution in [0.2, 0.25) is 0 Å². The molecule has 1 aliphatic rings. The first-order valence-corrected chi connectivity index (χ1v) is 7.19. The Labute approximate surface area is 120 Å². The van der Waals surface area contributed by atoms with Crippen LogP contribution in [0.25, 0.3) is 0 Å². The summed E-state index contributed by atoms with van der Waals surface area (Å²) in [7, 11) is 1.53. The molecule has 20 heavy (non-hydrogen) atoms. The average Bonchev–Trinajstić information content (AvgIpc) is 2.43. The summed E-state index contributed by atoms with van der Waals surface area (Å²) in [6.07, 6.45) is 2.51. The monoisotopic (exact) mass is 281 g/mol. The molecule has 1 aromatic carbocycles. The first-order chi connectivity index (χ1) is 9.60. The normalized spacial score (nSPS) is 17.1. The van der Waals surface area contributed by atoms with Gasteiger partial charge in [0.1, 0.15) is 11.6 Å².